The van der Waals surface area contributed by atoms with Crippen molar-refractivity contribution < 1.29 is 0 Å². The van der Waals surface area contributed by atoms with Crippen LogP contribution < -0.4 is 9.80 Å². The first kappa shape index (κ1) is 35.7. The largest absolute Gasteiger partial charge is 0.310 e. The maximum Gasteiger partial charge on any atom is 0.0727 e. The first-order valence-corrected chi connectivity index (χ1v) is 21.0. The maximum atomic E-state index is 3.93. The molecule has 0 bridgehead atoms. The zero-order valence-corrected chi connectivity index (χ0v) is 35.5. The second-order valence-electron chi connectivity index (χ2n) is 15.6. The monoisotopic (exact) mass is 862 g/mol. The van der Waals surface area contributed by atoms with E-state index in [1.165, 1.54) is 66.8 Å². The molecule has 4 heteroatoms. The summed E-state index contributed by atoms with van der Waals surface area (Å²) in [6, 6.07) is 63.3. The number of fused-ring (bicyclic) bond motifs is 10. The van der Waals surface area contributed by atoms with Crippen molar-refractivity contribution in [1.29, 1.82) is 0 Å². The van der Waals surface area contributed by atoms with Crippen molar-refractivity contribution in [2.24, 2.45) is 0 Å². The number of nitrogens with zero attached hydrogens (tertiary/aromatic N) is 2. The van der Waals surface area contributed by atoms with Gasteiger partial charge in [0.05, 0.1) is 5.41 Å². The van der Waals surface area contributed by atoms with Gasteiger partial charge in [-0.15, -0.1) is 0 Å². The summed E-state index contributed by atoms with van der Waals surface area (Å²) >= 11 is 7.87. The van der Waals surface area contributed by atoms with Crippen LogP contribution in [-0.4, -0.2) is 0 Å². The van der Waals surface area contributed by atoms with Gasteiger partial charge >= 0.3 is 0 Å². The zero-order chi connectivity index (χ0) is 39.0. The molecule has 0 N–H and O–H groups in total. The third-order valence-electron chi connectivity index (χ3n) is 11.7. The molecule has 0 radical (unpaired) electrons. The molecule has 0 unspecified atom stereocenters. The Labute approximate surface area is 352 Å². The topological polar surface area (TPSA) is 6.48 Å². The minimum atomic E-state index is -0.593. The van der Waals surface area contributed by atoms with Crippen LogP contribution in [0.25, 0.3) is 22.3 Å². The van der Waals surface area contributed by atoms with Crippen molar-refractivity contribution in [3.8, 4) is 22.3 Å². The minimum Gasteiger partial charge on any atom is -0.310 e. The summed E-state index contributed by atoms with van der Waals surface area (Å²) in [4.78, 5) is 4.83. The number of halogens is 2. The van der Waals surface area contributed by atoms with Crippen LogP contribution in [0.1, 0.15) is 44.5 Å². The summed E-state index contributed by atoms with van der Waals surface area (Å²) in [5.74, 6) is 0. The van der Waals surface area contributed by atoms with Gasteiger partial charge in [-0.1, -0.05) is 105 Å². The van der Waals surface area contributed by atoms with Crippen molar-refractivity contribution in [3.63, 3.8) is 0 Å². The molecule has 8 aromatic carbocycles. The molecule has 276 valence electrons. The molecule has 2 aliphatic carbocycles. The Morgan fingerprint density at radius 3 is 0.912 bits per heavy atom. The molecule has 0 fully saturated rings. The van der Waals surface area contributed by atoms with Gasteiger partial charge in [0.15, 0.2) is 0 Å². The highest BCUT2D eigenvalue weighted by Crippen LogP contribution is 2.64. The predicted octanol–water partition coefficient (Wildman–Crippen LogP) is 15.7. The van der Waals surface area contributed by atoms with Crippen LogP contribution in [0.4, 0.5) is 34.1 Å². The summed E-state index contributed by atoms with van der Waals surface area (Å²) in [6.45, 7) is 8.68. The van der Waals surface area contributed by atoms with E-state index in [-0.39, 0.29) is 0 Å². The van der Waals surface area contributed by atoms with Crippen molar-refractivity contribution in [2.75, 3.05) is 9.80 Å². The van der Waals surface area contributed by atoms with Crippen molar-refractivity contribution >= 4 is 66.0 Å². The lowest BCUT2D eigenvalue weighted by atomic mass is 9.70. The molecule has 57 heavy (non-hydrogen) atoms. The average molecular weight is 865 g/mol. The van der Waals surface area contributed by atoms with E-state index in [0.717, 1.165) is 43.1 Å². The van der Waals surface area contributed by atoms with Gasteiger partial charge in [0.2, 0.25) is 0 Å². The second-order valence-corrected chi connectivity index (χ2v) is 17.4. The lowest BCUT2D eigenvalue weighted by Gasteiger charge is -2.33. The van der Waals surface area contributed by atoms with E-state index in [4.69, 9.17) is 0 Å². The molecule has 0 amide bonds. The molecular weight excluding hydrogens is 824 g/mol. The van der Waals surface area contributed by atoms with Gasteiger partial charge < -0.3 is 9.80 Å². The van der Waals surface area contributed by atoms with Gasteiger partial charge in [-0.2, -0.15) is 0 Å². The van der Waals surface area contributed by atoms with Crippen LogP contribution >= 0.6 is 31.9 Å². The Morgan fingerprint density at radius 2 is 0.596 bits per heavy atom. The zero-order valence-electron chi connectivity index (χ0n) is 32.3. The van der Waals surface area contributed by atoms with E-state index in [1.807, 2.05) is 0 Å². The third kappa shape index (κ3) is 5.80. The van der Waals surface area contributed by atoms with Crippen molar-refractivity contribution in [1.82, 2.24) is 0 Å². The lowest BCUT2D eigenvalue weighted by Crippen LogP contribution is -2.26. The smallest absolute Gasteiger partial charge is 0.0727 e. The van der Waals surface area contributed by atoms with Gasteiger partial charge in [-0.25, -0.2) is 0 Å². The fourth-order valence-corrected chi connectivity index (χ4v) is 10.1. The highest BCUT2D eigenvalue weighted by molar-refractivity contribution is 9.10. The normalized spacial score (nSPS) is 12.9. The Kier molecular flexibility index (Phi) is 8.62. The van der Waals surface area contributed by atoms with E-state index < -0.39 is 5.41 Å². The number of hydrogen-bond donors (Lipinski definition) is 0. The molecule has 1 spiro atoms. The molecule has 2 nitrogen and oxygen atoms in total. The molecule has 0 atom stereocenters. The lowest BCUT2D eigenvalue weighted by molar-refractivity contribution is 0.792. The van der Waals surface area contributed by atoms with Gasteiger partial charge in [0.25, 0.3) is 0 Å². The quantitative estimate of drug-likeness (QED) is 0.164. The molecule has 0 saturated carbocycles. The highest BCUT2D eigenvalue weighted by atomic mass is 79.9. The van der Waals surface area contributed by atoms with Gasteiger partial charge in [-0.3, -0.25) is 0 Å². The van der Waals surface area contributed by atoms with Crippen LogP contribution in [0.15, 0.2) is 179 Å². The van der Waals surface area contributed by atoms with Crippen LogP contribution in [0.5, 0.6) is 0 Å². The highest BCUT2D eigenvalue weighted by Gasteiger charge is 2.52. The standard InChI is InChI=1S/C53H40Br2N2/c1-33-9-5-13-39(25-33)56(40-14-6-10-34(2)26-40)43-19-23-47-48-24-20-44(57(41-15-7-11-35(3)27-41)42-16-8-12-36(4)28-42)32-52(48)53(51(47)31-43)49-29-37(54)17-21-45(49)46-22-18-38(55)30-50(46)53/h5-32H,1-4H3. The van der Waals surface area contributed by atoms with Crippen LogP contribution in [0, 0.1) is 27.7 Å². The molecule has 0 aromatic heterocycles. The summed E-state index contributed by atoms with van der Waals surface area (Å²) < 4.78 is 2.13. The summed E-state index contributed by atoms with van der Waals surface area (Å²) in [7, 11) is 0. The van der Waals surface area contributed by atoms with E-state index >= 15 is 0 Å². The maximum absolute atomic E-state index is 3.93. The average Bonchev–Trinajstić information content (AvgIpc) is 3.64. The fourth-order valence-electron chi connectivity index (χ4n) is 9.39. The third-order valence-corrected chi connectivity index (χ3v) is 12.7. The van der Waals surface area contributed by atoms with Crippen LogP contribution in [0.3, 0.4) is 0 Å². The number of benzene rings is 8. The first-order chi connectivity index (χ1) is 27.7. The Bertz CT molecular complexity index is 2620. The molecular formula is C53H40Br2N2. The number of aryl methyl sites for hydroxylation is 4. The molecule has 2 aliphatic rings. The Morgan fingerprint density at radius 1 is 0.316 bits per heavy atom. The molecule has 0 aliphatic heterocycles. The van der Waals surface area contributed by atoms with E-state index in [0.29, 0.717) is 0 Å². The summed E-state index contributed by atoms with van der Waals surface area (Å²) in [6.07, 6.45) is 0. The fraction of sp³-hybridized carbons (Fsp3) is 0.0943. The van der Waals surface area contributed by atoms with Gasteiger partial charge in [0.1, 0.15) is 0 Å². The van der Waals surface area contributed by atoms with Crippen molar-refractivity contribution in [2.45, 2.75) is 33.1 Å². The van der Waals surface area contributed by atoms with Gasteiger partial charge in [-0.05, 0) is 192 Å². The van der Waals surface area contributed by atoms with Crippen LogP contribution in [0.2, 0.25) is 0 Å². The van der Waals surface area contributed by atoms with Crippen molar-refractivity contribution in [3.05, 3.63) is 223 Å². The number of rotatable bonds is 6. The van der Waals surface area contributed by atoms with Gasteiger partial charge in [0, 0.05) is 43.1 Å². The molecule has 0 saturated heterocycles. The van der Waals surface area contributed by atoms with Crippen LogP contribution in [-0.2, 0) is 5.41 Å². The Balaban J connectivity index is 1.28. The minimum absolute atomic E-state index is 0.593. The van der Waals surface area contributed by atoms with E-state index in [9.17, 15) is 0 Å². The number of anilines is 6. The molecule has 0 heterocycles. The molecule has 8 aromatic rings. The predicted molar refractivity (Wildman–Crippen MR) is 246 cm³/mol. The number of hydrogen-bond acceptors (Lipinski definition) is 2. The first-order valence-electron chi connectivity index (χ1n) is 19.5. The summed E-state index contributed by atoms with van der Waals surface area (Å²) in [5, 5.41) is 0. The van der Waals surface area contributed by atoms with E-state index in [2.05, 4.69) is 239 Å². The van der Waals surface area contributed by atoms with E-state index in [1.54, 1.807) is 0 Å². The summed E-state index contributed by atoms with van der Waals surface area (Å²) in [5.41, 5.74) is 21.3. The second kappa shape index (κ2) is 13.8. The molecule has 10 rings (SSSR count). The SMILES string of the molecule is Cc1cccc(N(c2cccc(C)c2)c2ccc3c(c2)C2(c4cc(Br)ccc4-c4ccc(Br)cc42)c2cc(N(c4cccc(C)c4)c4cccc(C)c4)ccc2-3)c1. The Hall–Kier alpha value is -5.68.